The summed E-state index contributed by atoms with van der Waals surface area (Å²) in [6.07, 6.45) is 10.2. The standard InChI is InChI=1S/C18H31N3O2/c22-16(12-14-4-2-1-3-5-14)20-10-11-21-17(23)15-13-18(15)6-8-19-9-7-18/h14-15,19H,1-13H2,(H,20,22)(H,21,23). The zero-order valence-corrected chi connectivity index (χ0v) is 14.2. The van der Waals surface area contributed by atoms with Gasteiger partial charge in [0.1, 0.15) is 0 Å². The van der Waals surface area contributed by atoms with E-state index in [-0.39, 0.29) is 17.7 Å². The van der Waals surface area contributed by atoms with E-state index in [4.69, 9.17) is 0 Å². The number of nitrogens with one attached hydrogen (secondary N) is 3. The minimum Gasteiger partial charge on any atom is -0.354 e. The van der Waals surface area contributed by atoms with Crippen molar-refractivity contribution in [1.29, 1.82) is 0 Å². The van der Waals surface area contributed by atoms with Crippen LogP contribution in [0.15, 0.2) is 0 Å². The lowest BCUT2D eigenvalue weighted by Gasteiger charge is -2.23. The zero-order chi connectivity index (χ0) is 16.1. The third kappa shape index (κ3) is 4.46. The Bertz CT molecular complexity index is 426. The van der Waals surface area contributed by atoms with Crippen LogP contribution in [-0.4, -0.2) is 38.0 Å². The molecular formula is C18H31N3O2. The smallest absolute Gasteiger partial charge is 0.223 e. The molecule has 2 amide bonds. The molecular weight excluding hydrogens is 290 g/mol. The lowest BCUT2D eigenvalue weighted by molar-refractivity contribution is -0.124. The van der Waals surface area contributed by atoms with E-state index in [9.17, 15) is 9.59 Å². The first-order valence-electron chi connectivity index (χ1n) is 9.45. The van der Waals surface area contributed by atoms with E-state index in [1.807, 2.05) is 0 Å². The number of hydrogen-bond acceptors (Lipinski definition) is 3. The van der Waals surface area contributed by atoms with E-state index in [0.29, 0.717) is 30.8 Å². The quantitative estimate of drug-likeness (QED) is 0.651. The van der Waals surface area contributed by atoms with Crippen LogP contribution in [0.25, 0.3) is 0 Å². The molecule has 1 unspecified atom stereocenters. The van der Waals surface area contributed by atoms with Gasteiger partial charge in [-0.05, 0) is 56.5 Å². The van der Waals surface area contributed by atoms with Crippen LogP contribution >= 0.6 is 0 Å². The van der Waals surface area contributed by atoms with Crippen molar-refractivity contribution in [3.63, 3.8) is 0 Å². The number of amides is 2. The summed E-state index contributed by atoms with van der Waals surface area (Å²) in [7, 11) is 0. The predicted octanol–water partition coefficient (Wildman–Crippen LogP) is 1.58. The van der Waals surface area contributed by atoms with Crippen LogP contribution < -0.4 is 16.0 Å². The van der Waals surface area contributed by atoms with Gasteiger partial charge in [-0.3, -0.25) is 9.59 Å². The number of carbonyl (C=O) groups excluding carboxylic acids is 2. The van der Waals surface area contributed by atoms with Crippen molar-refractivity contribution in [2.75, 3.05) is 26.2 Å². The van der Waals surface area contributed by atoms with Crippen LogP contribution in [0.1, 0.15) is 57.8 Å². The molecule has 1 atom stereocenters. The fourth-order valence-corrected chi connectivity index (χ4v) is 4.43. The van der Waals surface area contributed by atoms with Crippen LogP contribution in [0.5, 0.6) is 0 Å². The van der Waals surface area contributed by atoms with Gasteiger partial charge in [-0.25, -0.2) is 0 Å². The number of piperidine rings is 1. The van der Waals surface area contributed by atoms with E-state index in [0.717, 1.165) is 32.4 Å². The predicted molar refractivity (Wildman–Crippen MR) is 89.9 cm³/mol. The Balaban J connectivity index is 1.26. The highest BCUT2D eigenvalue weighted by Gasteiger charge is 2.57. The van der Waals surface area contributed by atoms with Gasteiger partial charge in [0.05, 0.1) is 0 Å². The summed E-state index contributed by atoms with van der Waals surface area (Å²) in [6.45, 7) is 3.20. The second-order valence-corrected chi connectivity index (χ2v) is 7.72. The van der Waals surface area contributed by atoms with Gasteiger partial charge in [-0.2, -0.15) is 0 Å². The zero-order valence-electron chi connectivity index (χ0n) is 14.2. The van der Waals surface area contributed by atoms with Gasteiger partial charge < -0.3 is 16.0 Å². The average Bonchev–Trinajstić information content (AvgIpc) is 3.26. The Kier molecular flexibility index (Phi) is 5.57. The van der Waals surface area contributed by atoms with Crippen molar-refractivity contribution in [2.45, 2.75) is 57.8 Å². The molecule has 1 aliphatic heterocycles. The molecule has 130 valence electrons. The lowest BCUT2D eigenvalue weighted by atomic mass is 9.87. The summed E-state index contributed by atoms with van der Waals surface area (Å²) < 4.78 is 0. The minimum atomic E-state index is 0.146. The van der Waals surface area contributed by atoms with Crippen molar-refractivity contribution >= 4 is 11.8 Å². The highest BCUT2D eigenvalue weighted by atomic mass is 16.2. The van der Waals surface area contributed by atoms with E-state index >= 15 is 0 Å². The highest BCUT2D eigenvalue weighted by molar-refractivity contribution is 5.82. The molecule has 1 saturated heterocycles. The summed E-state index contributed by atoms with van der Waals surface area (Å²) in [6, 6.07) is 0. The Morgan fingerprint density at radius 2 is 1.70 bits per heavy atom. The Morgan fingerprint density at radius 1 is 1.00 bits per heavy atom. The molecule has 1 spiro atoms. The van der Waals surface area contributed by atoms with Crippen LogP contribution in [0.3, 0.4) is 0 Å². The molecule has 0 bridgehead atoms. The number of carbonyl (C=O) groups is 2. The van der Waals surface area contributed by atoms with Crippen molar-refractivity contribution < 1.29 is 9.59 Å². The Morgan fingerprint density at radius 3 is 2.43 bits per heavy atom. The summed E-state index contributed by atoms with van der Waals surface area (Å²) in [4.78, 5) is 24.1. The fraction of sp³-hybridized carbons (Fsp3) is 0.889. The van der Waals surface area contributed by atoms with Crippen molar-refractivity contribution in [2.24, 2.45) is 17.3 Å². The Labute approximate surface area is 139 Å². The van der Waals surface area contributed by atoms with Gasteiger partial charge >= 0.3 is 0 Å². The van der Waals surface area contributed by atoms with Gasteiger partial charge in [0.2, 0.25) is 11.8 Å². The maximum atomic E-state index is 12.2. The summed E-state index contributed by atoms with van der Waals surface area (Å²) in [5.41, 5.74) is 0.291. The van der Waals surface area contributed by atoms with Gasteiger partial charge in [0.25, 0.3) is 0 Å². The van der Waals surface area contributed by atoms with Crippen LogP contribution in [0.2, 0.25) is 0 Å². The molecule has 2 aliphatic carbocycles. The minimum absolute atomic E-state index is 0.146. The molecule has 23 heavy (non-hydrogen) atoms. The normalized spacial score (nSPS) is 26.7. The van der Waals surface area contributed by atoms with Gasteiger partial charge in [-0.1, -0.05) is 19.3 Å². The first-order valence-corrected chi connectivity index (χ1v) is 9.45. The molecule has 3 N–H and O–H groups in total. The van der Waals surface area contributed by atoms with Gasteiger partial charge in [0.15, 0.2) is 0 Å². The topological polar surface area (TPSA) is 70.2 Å². The maximum absolute atomic E-state index is 12.2. The molecule has 0 aromatic carbocycles. The van der Waals surface area contributed by atoms with Crippen LogP contribution in [0.4, 0.5) is 0 Å². The van der Waals surface area contributed by atoms with E-state index < -0.39 is 0 Å². The van der Waals surface area contributed by atoms with Crippen molar-refractivity contribution in [3.8, 4) is 0 Å². The molecule has 3 rings (SSSR count). The van der Waals surface area contributed by atoms with E-state index in [1.54, 1.807) is 0 Å². The van der Waals surface area contributed by atoms with Gasteiger partial charge in [-0.15, -0.1) is 0 Å². The molecule has 0 radical (unpaired) electrons. The largest absolute Gasteiger partial charge is 0.354 e. The molecule has 2 saturated carbocycles. The van der Waals surface area contributed by atoms with Crippen LogP contribution in [-0.2, 0) is 9.59 Å². The highest BCUT2D eigenvalue weighted by Crippen LogP contribution is 2.58. The van der Waals surface area contributed by atoms with Gasteiger partial charge in [0, 0.05) is 25.4 Å². The Hall–Kier alpha value is -1.10. The SMILES string of the molecule is O=C(CC1CCCCC1)NCCNC(=O)C1CC12CCNCC2. The summed E-state index contributed by atoms with van der Waals surface area (Å²) >= 11 is 0. The molecule has 0 aromatic heterocycles. The van der Waals surface area contributed by atoms with Crippen molar-refractivity contribution in [1.82, 2.24) is 16.0 Å². The van der Waals surface area contributed by atoms with Crippen LogP contribution in [0, 0.1) is 17.3 Å². The van der Waals surface area contributed by atoms with E-state index in [2.05, 4.69) is 16.0 Å². The molecule has 5 heteroatoms. The average molecular weight is 321 g/mol. The third-order valence-electron chi connectivity index (χ3n) is 6.05. The molecule has 0 aromatic rings. The number of rotatable bonds is 6. The molecule has 3 aliphatic rings. The maximum Gasteiger partial charge on any atom is 0.223 e. The first-order chi connectivity index (χ1) is 11.2. The third-order valence-corrected chi connectivity index (χ3v) is 6.05. The summed E-state index contributed by atoms with van der Waals surface area (Å²) in [5.74, 6) is 1.12. The summed E-state index contributed by atoms with van der Waals surface area (Å²) in [5, 5.41) is 9.31. The van der Waals surface area contributed by atoms with E-state index in [1.165, 1.54) is 32.1 Å². The molecule has 3 fully saturated rings. The lowest BCUT2D eigenvalue weighted by Crippen LogP contribution is -2.38. The number of hydrogen-bond donors (Lipinski definition) is 3. The fourth-order valence-electron chi connectivity index (χ4n) is 4.43. The second kappa shape index (κ2) is 7.65. The first kappa shape index (κ1) is 16.7. The molecule has 1 heterocycles. The second-order valence-electron chi connectivity index (χ2n) is 7.72. The molecule has 5 nitrogen and oxygen atoms in total. The van der Waals surface area contributed by atoms with Crippen molar-refractivity contribution in [3.05, 3.63) is 0 Å². The monoisotopic (exact) mass is 321 g/mol.